The summed E-state index contributed by atoms with van der Waals surface area (Å²) in [5.74, 6) is 0. The predicted octanol–water partition coefficient (Wildman–Crippen LogP) is 5.06. The molecule has 0 aliphatic carbocycles. The van der Waals surface area contributed by atoms with Crippen LogP contribution in [0.3, 0.4) is 0 Å². The fourth-order valence-electron chi connectivity index (χ4n) is 1.29. The van der Waals surface area contributed by atoms with Gasteiger partial charge < -0.3 is 0 Å². The molecule has 0 atom stereocenters. The molecule has 0 N–H and O–H groups in total. The Morgan fingerprint density at radius 3 is 2.25 bits per heavy atom. The number of benzene rings is 2. The summed E-state index contributed by atoms with van der Waals surface area (Å²) in [6.45, 7) is 2.01. The van der Waals surface area contributed by atoms with E-state index in [1.165, 1.54) is 0 Å². The summed E-state index contributed by atoms with van der Waals surface area (Å²) >= 11 is 5.78. The summed E-state index contributed by atoms with van der Waals surface area (Å²) in [5, 5.41) is 9.04. The first-order valence-electron chi connectivity index (χ1n) is 4.98. The van der Waals surface area contributed by atoms with Crippen molar-refractivity contribution in [2.75, 3.05) is 0 Å². The monoisotopic (exact) mass is 230 g/mol. The number of hydrogen-bond acceptors (Lipinski definition) is 2. The molecule has 0 saturated heterocycles. The molecule has 0 fully saturated rings. The zero-order valence-corrected chi connectivity index (χ0v) is 9.65. The molecule has 0 heterocycles. The minimum atomic E-state index is 0.704. The van der Waals surface area contributed by atoms with Gasteiger partial charge in [-0.3, -0.25) is 0 Å². The molecule has 80 valence electrons. The van der Waals surface area contributed by atoms with Crippen LogP contribution in [0.4, 0.5) is 11.4 Å². The van der Waals surface area contributed by atoms with Gasteiger partial charge in [0.2, 0.25) is 0 Å². The molecule has 2 aromatic rings. The predicted molar refractivity (Wildman–Crippen MR) is 66.8 cm³/mol. The van der Waals surface area contributed by atoms with Crippen molar-refractivity contribution in [1.82, 2.24) is 0 Å². The fraction of sp³-hybridized carbons (Fsp3) is 0.0769. The van der Waals surface area contributed by atoms with Crippen LogP contribution in [0.5, 0.6) is 0 Å². The van der Waals surface area contributed by atoms with E-state index in [-0.39, 0.29) is 0 Å². The third-order valence-electron chi connectivity index (χ3n) is 2.22. The second-order valence-corrected chi connectivity index (χ2v) is 3.90. The summed E-state index contributed by atoms with van der Waals surface area (Å²) in [5.41, 5.74) is 2.80. The maximum Gasteiger partial charge on any atom is 0.0886 e. The molecule has 0 saturated carbocycles. The van der Waals surface area contributed by atoms with Crippen molar-refractivity contribution in [1.29, 1.82) is 0 Å². The van der Waals surface area contributed by atoms with Gasteiger partial charge >= 0.3 is 0 Å². The van der Waals surface area contributed by atoms with E-state index in [0.717, 1.165) is 16.9 Å². The second-order valence-electron chi connectivity index (χ2n) is 3.46. The van der Waals surface area contributed by atoms with Gasteiger partial charge in [-0.1, -0.05) is 29.8 Å². The molecule has 0 unspecified atom stereocenters. The molecule has 0 aliphatic heterocycles. The largest absolute Gasteiger partial charge is 0.151 e. The van der Waals surface area contributed by atoms with Crippen LogP contribution in [-0.4, -0.2) is 0 Å². The molecule has 0 spiro atoms. The van der Waals surface area contributed by atoms with Crippen LogP contribution in [-0.2, 0) is 0 Å². The molecule has 2 aromatic carbocycles. The molecular formula is C13H11ClN2. The zero-order valence-electron chi connectivity index (χ0n) is 8.89. The third-order valence-corrected chi connectivity index (χ3v) is 2.47. The average molecular weight is 231 g/mol. The van der Waals surface area contributed by atoms with Gasteiger partial charge in [-0.05, 0) is 42.8 Å². The van der Waals surface area contributed by atoms with Gasteiger partial charge in [-0.15, -0.1) is 0 Å². The second kappa shape index (κ2) is 4.90. The number of rotatable bonds is 2. The van der Waals surface area contributed by atoms with E-state index in [2.05, 4.69) is 10.2 Å². The Balaban J connectivity index is 2.21. The molecule has 3 heteroatoms. The van der Waals surface area contributed by atoms with Gasteiger partial charge in [-0.25, -0.2) is 0 Å². The van der Waals surface area contributed by atoms with Crippen LogP contribution in [0.25, 0.3) is 0 Å². The highest BCUT2D eigenvalue weighted by molar-refractivity contribution is 6.30. The van der Waals surface area contributed by atoms with Crippen LogP contribution in [0.15, 0.2) is 58.8 Å². The van der Waals surface area contributed by atoms with Gasteiger partial charge in [-0.2, -0.15) is 10.2 Å². The molecule has 2 nitrogen and oxygen atoms in total. The van der Waals surface area contributed by atoms with Crippen LogP contribution in [0.1, 0.15) is 5.56 Å². The van der Waals surface area contributed by atoms with Gasteiger partial charge in [0, 0.05) is 5.02 Å². The standard InChI is InChI=1S/C13H11ClN2/c1-10-4-2-3-5-13(10)16-15-12-8-6-11(14)7-9-12/h2-9H,1H3. The molecule has 0 radical (unpaired) electrons. The van der Waals surface area contributed by atoms with Crippen molar-refractivity contribution in [3.63, 3.8) is 0 Å². The minimum absolute atomic E-state index is 0.704. The Kier molecular flexibility index (Phi) is 3.32. The number of nitrogens with zero attached hydrogens (tertiary/aromatic N) is 2. The van der Waals surface area contributed by atoms with Crippen LogP contribution in [0.2, 0.25) is 5.02 Å². The number of azo groups is 1. The van der Waals surface area contributed by atoms with E-state index in [0.29, 0.717) is 5.02 Å². The first kappa shape index (κ1) is 10.8. The lowest BCUT2D eigenvalue weighted by atomic mass is 10.2. The maximum absolute atomic E-state index is 5.78. The summed E-state index contributed by atoms with van der Waals surface area (Å²) in [6, 6.07) is 15.2. The lowest BCUT2D eigenvalue weighted by molar-refractivity contribution is 1.21. The van der Waals surface area contributed by atoms with Gasteiger partial charge in [0.1, 0.15) is 0 Å². The van der Waals surface area contributed by atoms with Crippen LogP contribution >= 0.6 is 11.6 Å². The summed E-state index contributed by atoms with van der Waals surface area (Å²) in [6.07, 6.45) is 0. The molecule has 0 bridgehead atoms. The van der Waals surface area contributed by atoms with Crippen molar-refractivity contribution in [3.05, 3.63) is 59.1 Å². The highest BCUT2D eigenvalue weighted by Gasteiger charge is 1.94. The van der Waals surface area contributed by atoms with Crippen molar-refractivity contribution in [3.8, 4) is 0 Å². The molecule has 2 rings (SSSR count). The lowest BCUT2D eigenvalue weighted by Gasteiger charge is -1.97. The van der Waals surface area contributed by atoms with Crippen molar-refractivity contribution < 1.29 is 0 Å². The SMILES string of the molecule is Cc1ccccc1N=Nc1ccc(Cl)cc1. The number of aryl methyl sites for hydroxylation is 1. The van der Waals surface area contributed by atoms with E-state index >= 15 is 0 Å². The number of hydrogen-bond donors (Lipinski definition) is 0. The topological polar surface area (TPSA) is 24.7 Å². The first-order chi connectivity index (χ1) is 7.75. The Labute approximate surface area is 99.6 Å². The molecule has 0 aromatic heterocycles. The van der Waals surface area contributed by atoms with Gasteiger partial charge in [0.05, 0.1) is 11.4 Å². The van der Waals surface area contributed by atoms with Crippen LogP contribution in [0, 0.1) is 6.92 Å². The molecular weight excluding hydrogens is 220 g/mol. The quantitative estimate of drug-likeness (QED) is 0.644. The van der Waals surface area contributed by atoms with E-state index < -0.39 is 0 Å². The van der Waals surface area contributed by atoms with Crippen molar-refractivity contribution >= 4 is 23.0 Å². The molecule has 0 amide bonds. The van der Waals surface area contributed by atoms with Gasteiger partial charge in [0.25, 0.3) is 0 Å². The molecule has 0 aliphatic rings. The van der Waals surface area contributed by atoms with Crippen LogP contribution < -0.4 is 0 Å². The maximum atomic E-state index is 5.78. The van der Waals surface area contributed by atoms with E-state index in [4.69, 9.17) is 11.6 Å². The highest BCUT2D eigenvalue weighted by Crippen LogP contribution is 2.22. The van der Waals surface area contributed by atoms with E-state index in [1.807, 2.05) is 43.3 Å². The summed E-state index contributed by atoms with van der Waals surface area (Å²) in [7, 11) is 0. The lowest BCUT2D eigenvalue weighted by Crippen LogP contribution is -1.71. The summed E-state index contributed by atoms with van der Waals surface area (Å²) < 4.78 is 0. The molecule has 16 heavy (non-hydrogen) atoms. The first-order valence-corrected chi connectivity index (χ1v) is 5.36. The Hall–Kier alpha value is -1.67. The van der Waals surface area contributed by atoms with Gasteiger partial charge in [0.15, 0.2) is 0 Å². The van der Waals surface area contributed by atoms with E-state index in [9.17, 15) is 0 Å². The van der Waals surface area contributed by atoms with Crippen molar-refractivity contribution in [2.45, 2.75) is 6.92 Å². The Bertz CT molecular complexity index is 504. The normalized spacial score (nSPS) is 10.9. The number of halogens is 1. The smallest absolute Gasteiger partial charge is 0.0886 e. The minimum Gasteiger partial charge on any atom is -0.151 e. The third kappa shape index (κ3) is 2.67. The van der Waals surface area contributed by atoms with E-state index in [1.54, 1.807) is 12.1 Å². The Morgan fingerprint density at radius 1 is 0.875 bits per heavy atom. The highest BCUT2D eigenvalue weighted by atomic mass is 35.5. The van der Waals surface area contributed by atoms with Crippen molar-refractivity contribution in [2.24, 2.45) is 10.2 Å². The zero-order chi connectivity index (χ0) is 11.4. The average Bonchev–Trinajstić information content (AvgIpc) is 2.30. The Morgan fingerprint density at radius 2 is 1.56 bits per heavy atom. The summed E-state index contributed by atoms with van der Waals surface area (Å²) in [4.78, 5) is 0. The fourth-order valence-corrected chi connectivity index (χ4v) is 1.42.